The first kappa shape index (κ1) is 10.7. The fourth-order valence-electron chi connectivity index (χ4n) is 1.61. The predicted octanol–water partition coefficient (Wildman–Crippen LogP) is 3.82. The van der Waals surface area contributed by atoms with E-state index in [1.165, 1.54) is 6.07 Å². The van der Waals surface area contributed by atoms with E-state index in [2.05, 4.69) is 0 Å². The highest BCUT2D eigenvalue weighted by Gasteiger charge is 2.03. The number of hydrogen-bond donors (Lipinski definition) is 1. The summed E-state index contributed by atoms with van der Waals surface area (Å²) >= 11 is 0. The zero-order valence-corrected chi connectivity index (χ0v) is 9.29. The third-order valence-corrected chi connectivity index (χ3v) is 2.70. The Morgan fingerprint density at radius 3 is 2.12 bits per heavy atom. The Labute approximate surface area is 94.2 Å². The molecular weight excluding hydrogens is 203 g/mol. The van der Waals surface area contributed by atoms with Crippen molar-refractivity contribution in [3.63, 3.8) is 0 Å². The van der Waals surface area contributed by atoms with Gasteiger partial charge in [0.15, 0.2) is 0 Å². The molecule has 0 radical (unpaired) electrons. The molecule has 0 heterocycles. The Morgan fingerprint density at radius 2 is 1.50 bits per heavy atom. The minimum atomic E-state index is -0.205. The van der Waals surface area contributed by atoms with Crippen LogP contribution in [0.15, 0.2) is 36.4 Å². The number of halogens is 1. The number of aromatic hydroxyl groups is 1. The molecule has 0 amide bonds. The van der Waals surface area contributed by atoms with Crippen LogP contribution in [0.1, 0.15) is 11.1 Å². The van der Waals surface area contributed by atoms with Gasteiger partial charge in [-0.1, -0.05) is 18.2 Å². The van der Waals surface area contributed by atoms with Gasteiger partial charge in [0.05, 0.1) is 0 Å². The van der Waals surface area contributed by atoms with E-state index in [-0.39, 0.29) is 11.6 Å². The zero-order chi connectivity index (χ0) is 11.7. The summed E-state index contributed by atoms with van der Waals surface area (Å²) in [7, 11) is 0. The molecule has 0 saturated carbocycles. The molecule has 0 spiro atoms. The van der Waals surface area contributed by atoms with E-state index >= 15 is 0 Å². The summed E-state index contributed by atoms with van der Waals surface area (Å²) < 4.78 is 13.4. The molecule has 0 unspecified atom stereocenters. The summed E-state index contributed by atoms with van der Waals surface area (Å²) in [5.74, 6) is 0.0551. The lowest BCUT2D eigenvalue weighted by molar-refractivity contribution is 0.471. The van der Waals surface area contributed by atoms with Gasteiger partial charge < -0.3 is 5.11 Å². The van der Waals surface area contributed by atoms with E-state index < -0.39 is 0 Å². The van der Waals surface area contributed by atoms with Crippen molar-refractivity contribution >= 4 is 0 Å². The average molecular weight is 216 g/mol. The first-order valence-electron chi connectivity index (χ1n) is 5.14. The maximum atomic E-state index is 13.4. The summed E-state index contributed by atoms with van der Waals surface area (Å²) in [6.45, 7) is 3.56. The molecule has 0 aliphatic carbocycles. The zero-order valence-electron chi connectivity index (χ0n) is 9.29. The second-order valence-electron chi connectivity index (χ2n) is 3.97. The van der Waals surface area contributed by atoms with Gasteiger partial charge in [-0.25, -0.2) is 4.39 Å². The SMILES string of the molecule is Cc1cc(-c2ccc(C)c(F)c2)ccc1O. The van der Waals surface area contributed by atoms with Crippen molar-refractivity contribution in [3.8, 4) is 16.9 Å². The molecule has 16 heavy (non-hydrogen) atoms. The van der Waals surface area contributed by atoms with Crippen molar-refractivity contribution in [1.82, 2.24) is 0 Å². The predicted molar refractivity (Wildman–Crippen MR) is 63.0 cm³/mol. The number of phenolic OH excluding ortho intramolecular Hbond substituents is 1. The molecule has 0 fully saturated rings. The second-order valence-corrected chi connectivity index (χ2v) is 3.97. The topological polar surface area (TPSA) is 20.2 Å². The van der Waals surface area contributed by atoms with Crippen LogP contribution in [0.5, 0.6) is 5.75 Å². The Bertz CT molecular complexity index is 483. The van der Waals surface area contributed by atoms with Crippen LogP contribution >= 0.6 is 0 Å². The molecule has 1 nitrogen and oxygen atoms in total. The van der Waals surface area contributed by atoms with Crippen molar-refractivity contribution in [2.24, 2.45) is 0 Å². The number of benzene rings is 2. The van der Waals surface area contributed by atoms with Gasteiger partial charge in [-0.3, -0.25) is 0 Å². The second kappa shape index (κ2) is 3.97. The standard InChI is InChI=1S/C14H13FO/c1-9-3-4-12(8-13(9)15)11-5-6-14(16)10(2)7-11/h3-8,16H,1-2H3. The van der Waals surface area contributed by atoms with Gasteiger partial charge in [0, 0.05) is 0 Å². The Kier molecular flexibility index (Phi) is 2.65. The average Bonchev–Trinajstić information content (AvgIpc) is 2.26. The van der Waals surface area contributed by atoms with Gasteiger partial charge in [-0.15, -0.1) is 0 Å². The van der Waals surface area contributed by atoms with Crippen molar-refractivity contribution < 1.29 is 9.50 Å². The lowest BCUT2D eigenvalue weighted by atomic mass is 10.0. The highest BCUT2D eigenvalue weighted by molar-refractivity contribution is 5.65. The molecule has 0 aliphatic heterocycles. The third-order valence-electron chi connectivity index (χ3n) is 2.70. The van der Waals surface area contributed by atoms with Crippen LogP contribution in [0.4, 0.5) is 4.39 Å². The summed E-state index contributed by atoms with van der Waals surface area (Å²) in [5.41, 5.74) is 3.16. The molecule has 0 atom stereocenters. The van der Waals surface area contributed by atoms with E-state index in [9.17, 15) is 9.50 Å². The van der Waals surface area contributed by atoms with Crippen LogP contribution in [0, 0.1) is 19.7 Å². The summed E-state index contributed by atoms with van der Waals surface area (Å²) in [4.78, 5) is 0. The first-order valence-corrected chi connectivity index (χ1v) is 5.14. The Hall–Kier alpha value is -1.83. The highest BCUT2D eigenvalue weighted by atomic mass is 19.1. The molecule has 2 aromatic carbocycles. The number of phenols is 1. The maximum Gasteiger partial charge on any atom is 0.126 e. The summed E-state index contributed by atoms with van der Waals surface area (Å²) in [6, 6.07) is 10.4. The molecule has 0 aromatic heterocycles. The van der Waals surface area contributed by atoms with Crippen LogP contribution in [0.2, 0.25) is 0 Å². The normalized spacial score (nSPS) is 10.4. The lowest BCUT2D eigenvalue weighted by Gasteiger charge is -2.06. The quantitative estimate of drug-likeness (QED) is 0.768. The van der Waals surface area contributed by atoms with E-state index in [4.69, 9.17) is 0 Å². The third kappa shape index (κ3) is 1.91. The van der Waals surface area contributed by atoms with Crippen molar-refractivity contribution in [3.05, 3.63) is 53.3 Å². The van der Waals surface area contributed by atoms with Crippen molar-refractivity contribution in [2.75, 3.05) is 0 Å². The lowest BCUT2D eigenvalue weighted by Crippen LogP contribution is -1.85. The fraction of sp³-hybridized carbons (Fsp3) is 0.143. The van der Waals surface area contributed by atoms with E-state index in [0.717, 1.165) is 16.7 Å². The van der Waals surface area contributed by atoms with E-state index in [1.54, 1.807) is 25.1 Å². The van der Waals surface area contributed by atoms with E-state index in [1.807, 2.05) is 19.1 Å². The van der Waals surface area contributed by atoms with Gasteiger partial charge in [0.25, 0.3) is 0 Å². The highest BCUT2D eigenvalue weighted by Crippen LogP contribution is 2.26. The van der Waals surface area contributed by atoms with Crippen molar-refractivity contribution in [2.45, 2.75) is 13.8 Å². The Balaban J connectivity index is 2.50. The van der Waals surface area contributed by atoms with Crippen LogP contribution in [-0.2, 0) is 0 Å². The maximum absolute atomic E-state index is 13.4. The molecule has 2 heteroatoms. The van der Waals surface area contributed by atoms with Crippen LogP contribution in [-0.4, -0.2) is 5.11 Å². The molecule has 0 saturated heterocycles. The largest absolute Gasteiger partial charge is 0.508 e. The molecule has 2 rings (SSSR count). The van der Waals surface area contributed by atoms with Gasteiger partial charge in [0.2, 0.25) is 0 Å². The Morgan fingerprint density at radius 1 is 0.875 bits per heavy atom. The van der Waals surface area contributed by atoms with Gasteiger partial charge in [-0.2, -0.15) is 0 Å². The summed E-state index contributed by atoms with van der Waals surface area (Å²) in [6.07, 6.45) is 0. The molecule has 0 aliphatic rings. The van der Waals surface area contributed by atoms with Crippen LogP contribution < -0.4 is 0 Å². The molecule has 0 bridgehead atoms. The van der Waals surface area contributed by atoms with Gasteiger partial charge in [0.1, 0.15) is 11.6 Å². The van der Waals surface area contributed by atoms with Gasteiger partial charge >= 0.3 is 0 Å². The molecule has 82 valence electrons. The minimum absolute atomic E-state index is 0.205. The monoisotopic (exact) mass is 216 g/mol. The first-order chi connectivity index (χ1) is 7.58. The number of hydrogen-bond acceptors (Lipinski definition) is 1. The van der Waals surface area contributed by atoms with Crippen LogP contribution in [0.3, 0.4) is 0 Å². The van der Waals surface area contributed by atoms with Gasteiger partial charge in [-0.05, 0) is 54.3 Å². The van der Waals surface area contributed by atoms with Crippen LogP contribution in [0.25, 0.3) is 11.1 Å². The molecular formula is C14H13FO. The number of aryl methyl sites for hydroxylation is 2. The number of rotatable bonds is 1. The minimum Gasteiger partial charge on any atom is -0.508 e. The fourth-order valence-corrected chi connectivity index (χ4v) is 1.61. The van der Waals surface area contributed by atoms with Crippen molar-refractivity contribution in [1.29, 1.82) is 0 Å². The molecule has 1 N–H and O–H groups in total. The van der Waals surface area contributed by atoms with E-state index in [0.29, 0.717) is 5.56 Å². The summed E-state index contributed by atoms with van der Waals surface area (Å²) in [5, 5.41) is 9.42. The smallest absolute Gasteiger partial charge is 0.126 e. The molecule has 2 aromatic rings.